The van der Waals surface area contributed by atoms with Gasteiger partial charge in [0, 0.05) is 0 Å². The first-order valence-electron chi connectivity index (χ1n) is 5.70. The second-order valence-electron chi connectivity index (χ2n) is 4.05. The molecule has 0 bridgehead atoms. The highest BCUT2D eigenvalue weighted by atomic mass is 35.5. The lowest BCUT2D eigenvalue weighted by atomic mass is 9.79. The zero-order valence-electron chi connectivity index (χ0n) is 10.2. The Balaban J connectivity index is 2.30. The minimum absolute atomic E-state index is 0.136. The molecule has 0 aliphatic carbocycles. The maximum Gasteiger partial charge on any atom is 0.488 e. The number of carbonyl (C=O) groups excluding carboxylic acids is 1. The Labute approximate surface area is 126 Å². The summed E-state index contributed by atoms with van der Waals surface area (Å²) in [7, 11) is -1.67. The number of carbonyl (C=O) groups is 1. The van der Waals surface area contributed by atoms with Crippen molar-refractivity contribution in [2.75, 3.05) is 5.32 Å². The van der Waals surface area contributed by atoms with Gasteiger partial charge in [-0.3, -0.25) is 4.79 Å². The van der Waals surface area contributed by atoms with Gasteiger partial charge in [0.2, 0.25) is 0 Å². The van der Waals surface area contributed by atoms with E-state index < -0.39 is 13.0 Å². The molecule has 0 saturated heterocycles. The van der Waals surface area contributed by atoms with E-state index in [-0.39, 0.29) is 16.0 Å². The van der Waals surface area contributed by atoms with Crippen molar-refractivity contribution in [1.29, 1.82) is 0 Å². The van der Waals surface area contributed by atoms with Crippen LogP contribution in [0.1, 0.15) is 10.4 Å². The summed E-state index contributed by atoms with van der Waals surface area (Å²) in [5.74, 6) is -0.481. The maximum absolute atomic E-state index is 12.1. The number of hydrogen-bond acceptors (Lipinski definition) is 3. The van der Waals surface area contributed by atoms with Crippen LogP contribution in [0, 0.1) is 0 Å². The predicted molar refractivity (Wildman–Crippen MR) is 80.7 cm³/mol. The second-order valence-corrected chi connectivity index (χ2v) is 4.86. The first-order chi connectivity index (χ1) is 9.49. The fourth-order valence-electron chi connectivity index (χ4n) is 1.63. The Kier molecular flexibility index (Phi) is 4.67. The van der Waals surface area contributed by atoms with Gasteiger partial charge in [0.1, 0.15) is 0 Å². The van der Waals surface area contributed by atoms with Crippen molar-refractivity contribution in [3.8, 4) is 0 Å². The molecular formula is C13H10BCl2NO3. The normalized spacial score (nSPS) is 10.2. The third-order valence-electron chi connectivity index (χ3n) is 2.66. The second kappa shape index (κ2) is 6.28. The van der Waals surface area contributed by atoms with Gasteiger partial charge in [-0.1, -0.05) is 41.4 Å². The monoisotopic (exact) mass is 309 g/mol. The number of nitrogens with one attached hydrogen (secondary N) is 1. The molecule has 7 heteroatoms. The third-order valence-corrected chi connectivity index (χ3v) is 3.31. The number of rotatable bonds is 3. The van der Waals surface area contributed by atoms with Gasteiger partial charge in [0.05, 0.1) is 21.3 Å². The van der Waals surface area contributed by atoms with Crippen LogP contribution in [-0.4, -0.2) is 23.1 Å². The van der Waals surface area contributed by atoms with E-state index in [0.717, 1.165) is 0 Å². The van der Waals surface area contributed by atoms with E-state index in [9.17, 15) is 4.79 Å². The number of hydrogen-bond donors (Lipinski definition) is 3. The van der Waals surface area contributed by atoms with E-state index in [2.05, 4.69) is 5.32 Å². The molecule has 1 amide bonds. The van der Waals surface area contributed by atoms with Crippen molar-refractivity contribution in [3.63, 3.8) is 0 Å². The standard InChI is InChI=1S/C13H10BCl2NO3/c15-10-6-5-8(14(19)20)7-9(10)13(18)17-12-4-2-1-3-11(12)16/h1-7,19-20H,(H,17,18). The van der Waals surface area contributed by atoms with Gasteiger partial charge in [-0.25, -0.2) is 0 Å². The van der Waals surface area contributed by atoms with Crippen LogP contribution in [0.4, 0.5) is 5.69 Å². The molecule has 2 rings (SSSR count). The average Bonchev–Trinajstić information content (AvgIpc) is 2.41. The molecule has 0 fully saturated rings. The molecule has 0 atom stereocenters. The van der Waals surface area contributed by atoms with Crippen molar-refractivity contribution in [2.45, 2.75) is 0 Å². The molecule has 0 radical (unpaired) electrons. The number of anilines is 1. The van der Waals surface area contributed by atoms with Gasteiger partial charge in [0.15, 0.2) is 0 Å². The molecule has 3 N–H and O–H groups in total. The molecule has 0 unspecified atom stereocenters. The Morgan fingerprint density at radius 2 is 1.75 bits per heavy atom. The van der Waals surface area contributed by atoms with E-state index in [1.165, 1.54) is 18.2 Å². The van der Waals surface area contributed by atoms with Crippen molar-refractivity contribution >= 4 is 47.4 Å². The first kappa shape index (κ1) is 14.9. The largest absolute Gasteiger partial charge is 0.488 e. The summed E-state index contributed by atoms with van der Waals surface area (Å²) in [5, 5.41) is 21.4. The molecule has 4 nitrogen and oxygen atoms in total. The van der Waals surface area contributed by atoms with Crippen molar-refractivity contribution in [3.05, 3.63) is 58.1 Å². The summed E-state index contributed by atoms with van der Waals surface area (Å²) in [6.07, 6.45) is 0. The third kappa shape index (κ3) is 3.32. The minimum atomic E-state index is -1.67. The predicted octanol–water partition coefficient (Wildman–Crippen LogP) is 1.93. The average molecular weight is 310 g/mol. The van der Waals surface area contributed by atoms with Gasteiger partial charge in [-0.05, 0) is 29.7 Å². The quantitative estimate of drug-likeness (QED) is 0.759. The van der Waals surface area contributed by atoms with Crippen LogP contribution in [0.15, 0.2) is 42.5 Å². The highest BCUT2D eigenvalue weighted by Gasteiger charge is 2.17. The minimum Gasteiger partial charge on any atom is -0.423 e. The summed E-state index contributed by atoms with van der Waals surface area (Å²) >= 11 is 11.9. The first-order valence-corrected chi connectivity index (χ1v) is 6.46. The van der Waals surface area contributed by atoms with Crippen LogP contribution in [0.2, 0.25) is 10.0 Å². The lowest BCUT2D eigenvalue weighted by Crippen LogP contribution is -2.31. The van der Waals surface area contributed by atoms with Crippen LogP contribution in [0.3, 0.4) is 0 Å². The van der Waals surface area contributed by atoms with Gasteiger partial charge >= 0.3 is 7.12 Å². The fourth-order valence-corrected chi connectivity index (χ4v) is 2.02. The molecule has 2 aromatic carbocycles. The molecular weight excluding hydrogens is 300 g/mol. The zero-order valence-corrected chi connectivity index (χ0v) is 11.7. The Bertz CT molecular complexity index is 649. The maximum atomic E-state index is 12.1. The van der Waals surface area contributed by atoms with Gasteiger partial charge < -0.3 is 15.4 Å². The number of para-hydroxylation sites is 1. The molecule has 0 aliphatic heterocycles. The summed E-state index contributed by atoms with van der Waals surface area (Å²) in [6, 6.07) is 11.0. The van der Waals surface area contributed by atoms with Crippen LogP contribution in [0.5, 0.6) is 0 Å². The fraction of sp³-hybridized carbons (Fsp3) is 0. The highest BCUT2D eigenvalue weighted by molar-refractivity contribution is 6.59. The number of benzene rings is 2. The number of halogens is 2. The molecule has 0 aromatic heterocycles. The van der Waals surface area contributed by atoms with Crippen molar-refractivity contribution in [1.82, 2.24) is 0 Å². The summed E-state index contributed by atoms with van der Waals surface area (Å²) in [6.45, 7) is 0. The van der Waals surface area contributed by atoms with Crippen LogP contribution in [-0.2, 0) is 0 Å². The lowest BCUT2D eigenvalue weighted by molar-refractivity contribution is 0.102. The van der Waals surface area contributed by atoms with E-state index in [4.69, 9.17) is 33.2 Å². The Hall–Kier alpha value is -1.53. The van der Waals surface area contributed by atoms with Crippen molar-refractivity contribution in [2.24, 2.45) is 0 Å². The smallest absolute Gasteiger partial charge is 0.423 e. The summed E-state index contributed by atoms with van der Waals surface area (Å²) in [5.41, 5.74) is 0.765. The van der Waals surface area contributed by atoms with Gasteiger partial charge in [-0.2, -0.15) is 0 Å². The summed E-state index contributed by atoms with van der Waals surface area (Å²) in [4.78, 5) is 12.1. The molecule has 2 aromatic rings. The summed E-state index contributed by atoms with van der Waals surface area (Å²) < 4.78 is 0. The lowest BCUT2D eigenvalue weighted by Gasteiger charge is -2.09. The highest BCUT2D eigenvalue weighted by Crippen LogP contribution is 2.22. The van der Waals surface area contributed by atoms with E-state index in [0.29, 0.717) is 10.7 Å². The molecule has 0 aliphatic rings. The van der Waals surface area contributed by atoms with E-state index in [1.54, 1.807) is 24.3 Å². The molecule has 0 saturated carbocycles. The Morgan fingerprint density at radius 1 is 1.05 bits per heavy atom. The topological polar surface area (TPSA) is 69.6 Å². The Morgan fingerprint density at radius 3 is 2.40 bits per heavy atom. The van der Waals surface area contributed by atoms with E-state index in [1.807, 2.05) is 0 Å². The molecule has 0 heterocycles. The molecule has 20 heavy (non-hydrogen) atoms. The zero-order chi connectivity index (χ0) is 14.7. The number of amides is 1. The van der Waals surface area contributed by atoms with Gasteiger partial charge in [0.25, 0.3) is 5.91 Å². The van der Waals surface area contributed by atoms with Crippen LogP contribution >= 0.6 is 23.2 Å². The molecule has 0 spiro atoms. The molecule has 102 valence electrons. The van der Waals surface area contributed by atoms with Gasteiger partial charge in [-0.15, -0.1) is 0 Å². The van der Waals surface area contributed by atoms with E-state index >= 15 is 0 Å². The SMILES string of the molecule is O=C(Nc1ccccc1Cl)c1cc(B(O)O)ccc1Cl. The van der Waals surface area contributed by atoms with Crippen LogP contribution < -0.4 is 10.8 Å². The van der Waals surface area contributed by atoms with Crippen LogP contribution in [0.25, 0.3) is 0 Å². The van der Waals surface area contributed by atoms with Crippen molar-refractivity contribution < 1.29 is 14.8 Å².